The van der Waals surface area contributed by atoms with Crippen molar-refractivity contribution in [1.29, 1.82) is 0 Å². The van der Waals surface area contributed by atoms with Gasteiger partial charge in [-0.15, -0.1) is 21.9 Å². The molecule has 0 amide bonds. The fraction of sp³-hybridized carbons (Fsp3) is 0.217. The minimum atomic E-state index is -6.61. The summed E-state index contributed by atoms with van der Waals surface area (Å²) in [5.74, 6) is -57.2. The molecular formula is C46H36BF16NO4. The molecule has 68 heavy (non-hydrogen) atoms. The van der Waals surface area contributed by atoms with Crippen LogP contribution < -0.4 is 46.1 Å². The van der Waals surface area contributed by atoms with Crippen LogP contribution in [0.5, 0.6) is 23.0 Å². The molecule has 0 saturated heterocycles. The molecular weight excluding hydrogens is 945 g/mol. The topological polar surface area (TPSA) is 53.5 Å². The maximum atomic E-state index is 16.3. The Morgan fingerprint density at radius 1 is 0.324 bits per heavy atom. The Kier molecular flexibility index (Phi) is 16.3. The first kappa shape index (κ1) is 52.4. The van der Waals surface area contributed by atoms with Gasteiger partial charge in [0, 0.05) is 11.1 Å². The number of hydrogen-bond acceptors (Lipinski definition) is 4. The number of halogens is 16. The second-order valence-corrected chi connectivity index (χ2v) is 14.6. The summed E-state index contributed by atoms with van der Waals surface area (Å²) in [7, 11) is 1.07. The average molecular weight is 982 g/mol. The van der Waals surface area contributed by atoms with Crippen LogP contribution in [0.3, 0.4) is 0 Å². The van der Waals surface area contributed by atoms with E-state index in [1.807, 2.05) is 0 Å². The fourth-order valence-electron chi connectivity index (χ4n) is 8.21. The summed E-state index contributed by atoms with van der Waals surface area (Å²) in [6.45, 7) is 6.60. The predicted octanol–water partition coefficient (Wildman–Crippen LogP) is 8.40. The molecule has 0 aliphatic heterocycles. The van der Waals surface area contributed by atoms with E-state index < -0.39 is 144 Å². The molecule has 0 saturated carbocycles. The van der Waals surface area contributed by atoms with E-state index in [2.05, 4.69) is 86.6 Å². The van der Waals surface area contributed by atoms with Crippen molar-refractivity contribution in [3.8, 4) is 23.0 Å². The Morgan fingerprint density at radius 2 is 0.544 bits per heavy atom. The largest absolute Gasteiger partial charge is 0.491 e. The molecule has 0 heterocycles. The first-order valence-corrected chi connectivity index (χ1v) is 19.9. The number of quaternary nitrogens is 1. The lowest BCUT2D eigenvalue weighted by Gasteiger charge is -2.45. The fourth-order valence-corrected chi connectivity index (χ4v) is 8.21. The molecule has 0 bridgehead atoms. The van der Waals surface area contributed by atoms with Crippen molar-refractivity contribution >= 4 is 28.0 Å². The summed E-state index contributed by atoms with van der Waals surface area (Å²) in [6.07, 6.45) is -4.37. The van der Waals surface area contributed by atoms with Crippen LogP contribution in [0.15, 0.2) is 48.5 Å². The number of nitrogens with two attached hydrogens (primary N) is 1. The Bertz CT molecular complexity index is 2560. The van der Waals surface area contributed by atoms with Crippen molar-refractivity contribution in [3.63, 3.8) is 0 Å². The van der Waals surface area contributed by atoms with Gasteiger partial charge in [-0.05, 0) is 24.0 Å². The third-order valence-electron chi connectivity index (χ3n) is 11.3. The van der Waals surface area contributed by atoms with Crippen LogP contribution in [-0.2, 0) is 25.9 Å². The molecule has 0 atom stereocenters. The highest BCUT2D eigenvalue weighted by Crippen LogP contribution is 2.36. The number of ether oxygens (including phenoxy) is 4. The number of rotatable bonds is 14. The van der Waals surface area contributed by atoms with Gasteiger partial charge in [-0.3, -0.25) is 0 Å². The van der Waals surface area contributed by atoms with Crippen molar-refractivity contribution in [2.45, 2.75) is 39.8 Å². The van der Waals surface area contributed by atoms with E-state index in [0.29, 0.717) is 0 Å². The average Bonchev–Trinajstić information content (AvgIpc) is 3.32. The summed E-state index contributed by atoms with van der Waals surface area (Å²) in [5.41, 5.74) is -5.95. The van der Waals surface area contributed by atoms with E-state index in [9.17, 15) is 17.6 Å². The molecule has 22 heteroatoms. The molecule has 0 aliphatic carbocycles. The molecule has 0 spiro atoms. The number of benzene rings is 6. The molecule has 0 radical (unpaired) electrons. The van der Waals surface area contributed by atoms with Crippen LogP contribution in [0.4, 0.5) is 70.2 Å². The minimum Gasteiger partial charge on any atom is -0.491 e. The van der Waals surface area contributed by atoms with E-state index in [1.165, 1.54) is 22.3 Å². The summed E-state index contributed by atoms with van der Waals surface area (Å²) in [6, 6.07) is 17.5. The Morgan fingerprint density at radius 3 is 0.750 bits per heavy atom. The van der Waals surface area contributed by atoms with Gasteiger partial charge < -0.3 is 24.3 Å². The molecule has 2 N–H and O–H groups in total. The molecule has 6 rings (SSSR count). The lowest BCUT2D eigenvalue weighted by molar-refractivity contribution is -0.686. The number of methoxy groups -OCH3 is 4. The SMILES string of the molecule is CCc1ccccc1C[NH2+]Cc1ccccc1CC.COc1c(F)c(F)c(F)c([B-](c2c(F)c(F)c(F)c(OC)c2F)(c2c(F)c(F)c(F)c(OC)c2F)c2c(F)c(F)c(F)c(OC)c2F)c1F. The van der Waals surface area contributed by atoms with Crippen LogP contribution in [0.1, 0.15) is 36.1 Å². The van der Waals surface area contributed by atoms with E-state index in [-0.39, 0.29) is 28.4 Å². The second-order valence-electron chi connectivity index (χ2n) is 14.6. The van der Waals surface area contributed by atoms with Crippen LogP contribution in [0, 0.1) is 93.1 Å². The van der Waals surface area contributed by atoms with Crippen molar-refractivity contribution in [2.24, 2.45) is 0 Å². The number of hydrogen-bond donors (Lipinski definition) is 1. The van der Waals surface area contributed by atoms with Gasteiger partial charge >= 0.3 is 0 Å². The highest BCUT2D eigenvalue weighted by atomic mass is 19.2. The zero-order chi connectivity index (χ0) is 50.7. The van der Waals surface area contributed by atoms with Crippen molar-refractivity contribution < 1.29 is 94.5 Å². The molecule has 6 aromatic rings. The minimum absolute atomic E-state index is 0.266. The molecule has 0 aliphatic rings. The van der Waals surface area contributed by atoms with Gasteiger partial charge in [-0.25, -0.2) is 52.7 Å². The van der Waals surface area contributed by atoms with E-state index in [0.717, 1.165) is 25.9 Å². The number of aryl methyl sites for hydroxylation is 2. The lowest BCUT2D eigenvalue weighted by atomic mass is 9.12. The highest BCUT2D eigenvalue weighted by molar-refractivity contribution is 7.20. The van der Waals surface area contributed by atoms with Crippen LogP contribution in [0.2, 0.25) is 0 Å². The van der Waals surface area contributed by atoms with E-state index >= 15 is 52.7 Å². The lowest BCUT2D eigenvalue weighted by Crippen LogP contribution is -2.81. The molecule has 0 unspecified atom stereocenters. The van der Waals surface area contributed by atoms with E-state index in [1.54, 1.807) is 0 Å². The predicted molar refractivity (Wildman–Crippen MR) is 217 cm³/mol. The Labute approximate surface area is 377 Å². The molecule has 5 nitrogen and oxygen atoms in total. The third kappa shape index (κ3) is 8.62. The summed E-state index contributed by atoms with van der Waals surface area (Å²) >= 11 is 0. The highest BCUT2D eigenvalue weighted by Gasteiger charge is 2.52. The quantitative estimate of drug-likeness (QED) is 0.0516. The normalized spacial score (nSPS) is 11.4. The van der Waals surface area contributed by atoms with Gasteiger partial charge in [0.25, 0.3) is 0 Å². The van der Waals surface area contributed by atoms with Gasteiger partial charge in [-0.1, -0.05) is 62.4 Å². The summed E-state index contributed by atoms with van der Waals surface area (Å²) in [4.78, 5) is 0. The Balaban J connectivity index is 0.000000377. The maximum absolute atomic E-state index is 16.3. The first-order chi connectivity index (χ1) is 32.2. The van der Waals surface area contributed by atoms with Crippen LogP contribution in [-0.4, -0.2) is 34.6 Å². The second kappa shape index (κ2) is 21.2. The van der Waals surface area contributed by atoms with E-state index in [4.69, 9.17) is 0 Å². The standard InChI is InChI=1S/C28H12BF16O4.C18H23N/c1-46-25-13(34)5(9(30)17(38)21(25)42)29(6-10(31)18(39)22(43)26(47-2)14(6)35,7-11(32)19(40)23(44)27(48-3)15(7)36)8-12(33)20(41)24(45)28(49-4)16(8)37;1-3-15-9-5-7-11-17(15)13-19-14-18-12-8-6-10-16(18)4-2/h1-4H3;5-12,19H,3-4,13-14H2,1-2H3/q-1;/p+1. The van der Waals surface area contributed by atoms with Crippen LogP contribution in [0.25, 0.3) is 0 Å². The van der Waals surface area contributed by atoms with Gasteiger partial charge in [0.05, 0.1) is 28.4 Å². The summed E-state index contributed by atoms with van der Waals surface area (Å²) < 4.78 is 266. The van der Waals surface area contributed by atoms with Gasteiger partial charge in [0.15, 0.2) is 46.3 Å². The van der Waals surface area contributed by atoms with Crippen LogP contribution >= 0.6 is 0 Å². The van der Waals surface area contributed by atoms with Gasteiger partial charge in [0.1, 0.15) is 65.8 Å². The summed E-state index contributed by atoms with van der Waals surface area (Å²) in [5, 5.41) is 2.41. The smallest absolute Gasteiger partial charge is 0.206 e. The molecule has 0 aromatic heterocycles. The molecule has 0 fully saturated rings. The monoisotopic (exact) mass is 981 g/mol. The van der Waals surface area contributed by atoms with Gasteiger partial charge in [0.2, 0.25) is 23.3 Å². The third-order valence-corrected chi connectivity index (χ3v) is 11.3. The zero-order valence-electron chi connectivity index (χ0n) is 36.3. The first-order valence-electron chi connectivity index (χ1n) is 19.9. The van der Waals surface area contributed by atoms with Crippen molar-refractivity contribution in [3.05, 3.63) is 164 Å². The molecule has 364 valence electrons. The zero-order valence-corrected chi connectivity index (χ0v) is 36.3. The van der Waals surface area contributed by atoms with Gasteiger partial charge in [-0.2, -0.15) is 17.6 Å². The maximum Gasteiger partial charge on any atom is 0.206 e. The molecule has 6 aromatic carbocycles. The Hall–Kier alpha value is -6.58. The van der Waals surface area contributed by atoms with Crippen molar-refractivity contribution in [2.75, 3.05) is 28.4 Å². The van der Waals surface area contributed by atoms with Crippen molar-refractivity contribution in [1.82, 2.24) is 0 Å².